The number of nitrogens with one attached hydrogen (secondary N) is 1. The number of carbonyl (C=O) groups is 1. The van der Waals surface area contributed by atoms with Crippen molar-refractivity contribution in [3.8, 4) is 0 Å². The molecule has 0 fully saturated rings. The van der Waals surface area contributed by atoms with Gasteiger partial charge in [0, 0.05) is 12.5 Å². The molecule has 1 aromatic carbocycles. The lowest BCUT2D eigenvalue weighted by atomic mass is 10.1. The highest BCUT2D eigenvalue weighted by Crippen LogP contribution is 2.37. The first-order valence-electron chi connectivity index (χ1n) is 4.54. The van der Waals surface area contributed by atoms with Gasteiger partial charge in [0.2, 0.25) is 5.91 Å². The summed E-state index contributed by atoms with van der Waals surface area (Å²) in [5.41, 5.74) is -1.33. The van der Waals surface area contributed by atoms with E-state index in [1.54, 1.807) is 0 Å². The molecule has 1 amide bonds. The predicted octanol–water partition coefficient (Wildman–Crippen LogP) is 1.77. The second-order valence-corrected chi connectivity index (χ2v) is 3.32. The van der Waals surface area contributed by atoms with E-state index in [2.05, 4.69) is 5.32 Å². The van der Waals surface area contributed by atoms with Gasteiger partial charge < -0.3 is 5.32 Å². The minimum atomic E-state index is -0.879. The summed E-state index contributed by atoms with van der Waals surface area (Å²) in [7, 11) is 0. The van der Waals surface area contributed by atoms with Crippen LogP contribution in [0.2, 0.25) is 0 Å². The van der Waals surface area contributed by atoms with Gasteiger partial charge in [-0.15, -0.1) is 0 Å². The zero-order valence-electron chi connectivity index (χ0n) is 9.09. The summed E-state index contributed by atoms with van der Waals surface area (Å²) in [5, 5.41) is 23.8. The van der Waals surface area contributed by atoms with E-state index in [9.17, 15) is 25.0 Å². The summed E-state index contributed by atoms with van der Waals surface area (Å²) in [5.74, 6) is -0.536. The molecule has 0 heterocycles. The number of nitro benzene ring substituents is 2. The second-order valence-electron chi connectivity index (χ2n) is 3.32. The molecular weight excluding hydrogens is 230 g/mol. The van der Waals surface area contributed by atoms with Gasteiger partial charge in [0.15, 0.2) is 0 Å². The minimum Gasteiger partial charge on any atom is -0.320 e. The first-order chi connectivity index (χ1) is 7.84. The Bertz CT molecular complexity index is 512. The van der Waals surface area contributed by atoms with Crippen molar-refractivity contribution in [2.45, 2.75) is 13.8 Å². The highest BCUT2D eigenvalue weighted by Gasteiger charge is 2.31. The van der Waals surface area contributed by atoms with Crippen LogP contribution in [-0.4, -0.2) is 15.8 Å². The van der Waals surface area contributed by atoms with Crippen LogP contribution in [0.15, 0.2) is 12.1 Å². The van der Waals surface area contributed by atoms with Crippen LogP contribution in [0.4, 0.5) is 17.1 Å². The fourth-order valence-corrected chi connectivity index (χ4v) is 1.39. The van der Waals surface area contributed by atoms with Crippen LogP contribution in [0.1, 0.15) is 12.5 Å². The highest BCUT2D eigenvalue weighted by molar-refractivity contribution is 5.93. The number of hydrogen-bond acceptors (Lipinski definition) is 5. The Kier molecular flexibility index (Phi) is 3.37. The van der Waals surface area contributed by atoms with E-state index in [1.165, 1.54) is 19.1 Å². The summed E-state index contributed by atoms with van der Waals surface area (Å²) < 4.78 is 0. The van der Waals surface area contributed by atoms with Crippen LogP contribution in [0.25, 0.3) is 0 Å². The first-order valence-corrected chi connectivity index (χ1v) is 4.54. The van der Waals surface area contributed by atoms with Gasteiger partial charge >= 0.3 is 11.4 Å². The Morgan fingerprint density at radius 3 is 2.12 bits per heavy atom. The summed E-state index contributed by atoms with van der Waals surface area (Å²) >= 11 is 0. The molecule has 0 radical (unpaired) electrons. The monoisotopic (exact) mass is 239 g/mol. The fourth-order valence-electron chi connectivity index (χ4n) is 1.39. The number of benzene rings is 1. The highest BCUT2D eigenvalue weighted by atomic mass is 16.6. The van der Waals surface area contributed by atoms with Gasteiger partial charge in [0.05, 0.1) is 9.85 Å². The van der Waals surface area contributed by atoms with Gasteiger partial charge in [0.1, 0.15) is 5.69 Å². The maximum atomic E-state index is 10.9. The van der Waals surface area contributed by atoms with Gasteiger partial charge in [-0.1, -0.05) is 0 Å². The van der Waals surface area contributed by atoms with Crippen molar-refractivity contribution in [1.29, 1.82) is 0 Å². The van der Waals surface area contributed by atoms with Crippen LogP contribution in [0.3, 0.4) is 0 Å². The molecule has 0 aliphatic rings. The molecule has 17 heavy (non-hydrogen) atoms. The van der Waals surface area contributed by atoms with Crippen molar-refractivity contribution in [3.05, 3.63) is 37.9 Å². The lowest BCUT2D eigenvalue weighted by Gasteiger charge is -2.05. The number of nitrogens with zero attached hydrogens (tertiary/aromatic N) is 2. The third-order valence-corrected chi connectivity index (χ3v) is 2.03. The average Bonchev–Trinajstić information content (AvgIpc) is 2.18. The normalized spacial score (nSPS) is 9.76. The number of rotatable bonds is 3. The molecule has 0 aliphatic carbocycles. The molecule has 0 spiro atoms. The Labute approximate surface area is 95.5 Å². The van der Waals surface area contributed by atoms with E-state index in [0.717, 1.165) is 6.92 Å². The van der Waals surface area contributed by atoms with Crippen LogP contribution in [0.5, 0.6) is 0 Å². The Morgan fingerprint density at radius 1 is 1.18 bits per heavy atom. The molecular formula is C9H9N3O5. The Balaban J connectivity index is 3.52. The summed E-state index contributed by atoms with van der Waals surface area (Å²) in [6.45, 7) is 2.55. The molecule has 0 aromatic heterocycles. The summed E-state index contributed by atoms with van der Waals surface area (Å²) in [6.07, 6.45) is 0. The third kappa shape index (κ3) is 2.54. The smallest absolute Gasteiger partial charge is 0.320 e. The van der Waals surface area contributed by atoms with Crippen LogP contribution >= 0.6 is 0 Å². The molecule has 8 nitrogen and oxygen atoms in total. The van der Waals surface area contributed by atoms with Gasteiger partial charge in [-0.05, 0) is 19.1 Å². The van der Waals surface area contributed by atoms with E-state index < -0.39 is 27.1 Å². The van der Waals surface area contributed by atoms with Crippen molar-refractivity contribution in [3.63, 3.8) is 0 Å². The van der Waals surface area contributed by atoms with Crippen molar-refractivity contribution in [1.82, 2.24) is 0 Å². The average molecular weight is 239 g/mol. The molecule has 0 aliphatic heterocycles. The topological polar surface area (TPSA) is 115 Å². The van der Waals surface area contributed by atoms with Crippen molar-refractivity contribution in [2.24, 2.45) is 0 Å². The van der Waals surface area contributed by atoms with E-state index in [0.29, 0.717) is 0 Å². The second kappa shape index (κ2) is 4.56. The molecule has 0 unspecified atom stereocenters. The number of aryl methyl sites for hydroxylation is 1. The SMILES string of the molecule is CC(=O)Nc1ccc(C)c([N+](=O)[O-])c1[N+](=O)[O-]. The zero-order chi connectivity index (χ0) is 13.2. The number of nitro groups is 2. The lowest BCUT2D eigenvalue weighted by Crippen LogP contribution is -2.10. The van der Waals surface area contributed by atoms with Gasteiger partial charge in [0.25, 0.3) is 0 Å². The van der Waals surface area contributed by atoms with Crippen molar-refractivity contribution < 1.29 is 14.6 Å². The molecule has 0 saturated carbocycles. The van der Waals surface area contributed by atoms with E-state index in [-0.39, 0.29) is 11.3 Å². The fraction of sp³-hybridized carbons (Fsp3) is 0.222. The van der Waals surface area contributed by atoms with Gasteiger partial charge in [-0.25, -0.2) is 0 Å². The van der Waals surface area contributed by atoms with Gasteiger partial charge in [-0.2, -0.15) is 0 Å². The maximum absolute atomic E-state index is 10.9. The molecule has 0 atom stereocenters. The Hall–Kier alpha value is -2.51. The first kappa shape index (κ1) is 12.6. The summed E-state index contributed by atoms with van der Waals surface area (Å²) in [4.78, 5) is 30.7. The Morgan fingerprint density at radius 2 is 1.71 bits per heavy atom. The number of hydrogen-bond donors (Lipinski definition) is 1. The predicted molar refractivity (Wildman–Crippen MR) is 58.8 cm³/mol. The molecule has 0 bridgehead atoms. The quantitative estimate of drug-likeness (QED) is 0.637. The van der Waals surface area contributed by atoms with Gasteiger partial charge in [-0.3, -0.25) is 25.0 Å². The molecule has 1 N–H and O–H groups in total. The van der Waals surface area contributed by atoms with Crippen LogP contribution < -0.4 is 5.32 Å². The van der Waals surface area contributed by atoms with Crippen molar-refractivity contribution >= 4 is 23.0 Å². The van der Waals surface area contributed by atoms with E-state index in [1.807, 2.05) is 0 Å². The molecule has 90 valence electrons. The number of carbonyl (C=O) groups excluding carboxylic acids is 1. The number of anilines is 1. The maximum Gasteiger partial charge on any atom is 0.369 e. The lowest BCUT2D eigenvalue weighted by molar-refractivity contribution is -0.422. The molecule has 1 rings (SSSR count). The molecule has 0 saturated heterocycles. The van der Waals surface area contributed by atoms with Crippen molar-refractivity contribution in [2.75, 3.05) is 5.32 Å². The number of amides is 1. The standard InChI is InChI=1S/C9H9N3O5/c1-5-3-4-7(10-6(2)13)9(12(16)17)8(5)11(14)15/h3-4H,1-2H3,(H,10,13). The van der Waals surface area contributed by atoms with E-state index >= 15 is 0 Å². The summed E-state index contributed by atoms with van der Waals surface area (Å²) in [6, 6.07) is 2.61. The largest absolute Gasteiger partial charge is 0.369 e. The van der Waals surface area contributed by atoms with E-state index in [4.69, 9.17) is 0 Å². The minimum absolute atomic E-state index is 0.163. The third-order valence-electron chi connectivity index (χ3n) is 2.03. The van der Waals surface area contributed by atoms with Crippen LogP contribution in [-0.2, 0) is 4.79 Å². The van der Waals surface area contributed by atoms with Crippen LogP contribution in [0, 0.1) is 27.2 Å². The molecule has 1 aromatic rings. The molecule has 8 heteroatoms. The zero-order valence-corrected chi connectivity index (χ0v) is 9.09.